The molecule has 2 atom stereocenters. The molecule has 1 aliphatic rings. The number of carbonyl (C=O) groups excluding carboxylic acids is 1. The van der Waals surface area contributed by atoms with E-state index < -0.39 is 36.6 Å². The second kappa shape index (κ2) is 4.30. The summed E-state index contributed by atoms with van der Waals surface area (Å²) in [7, 11) is 0. The van der Waals surface area contributed by atoms with Gasteiger partial charge in [0.2, 0.25) is 0 Å². The van der Waals surface area contributed by atoms with Crippen molar-refractivity contribution in [1.82, 2.24) is 0 Å². The maximum atomic E-state index is 12.5. The fourth-order valence-corrected chi connectivity index (χ4v) is 1.59. The van der Waals surface area contributed by atoms with E-state index in [4.69, 9.17) is 4.74 Å². The molecule has 7 heteroatoms. The molecule has 0 bridgehead atoms. The highest BCUT2D eigenvalue weighted by Gasteiger charge is 2.64. The van der Waals surface area contributed by atoms with Crippen LogP contribution in [0.1, 0.15) is 19.8 Å². The standard InChI is InChI=1S/C10H13F3O4/c1-3-7(14)17-8(4-2)5-9(15,16-6-8)10(11,12)13/h3,15H,1,4-6H2,2H3. The number of esters is 1. The van der Waals surface area contributed by atoms with Crippen molar-refractivity contribution < 1.29 is 32.5 Å². The summed E-state index contributed by atoms with van der Waals surface area (Å²) in [5.74, 6) is -4.10. The van der Waals surface area contributed by atoms with Crippen molar-refractivity contribution in [3.8, 4) is 0 Å². The smallest absolute Gasteiger partial charge is 0.443 e. The summed E-state index contributed by atoms with van der Waals surface area (Å²) in [5.41, 5.74) is -1.46. The Labute approximate surface area is 96.0 Å². The topological polar surface area (TPSA) is 55.8 Å². The van der Waals surface area contributed by atoms with Gasteiger partial charge in [-0.15, -0.1) is 0 Å². The Morgan fingerprint density at radius 3 is 2.59 bits per heavy atom. The molecule has 0 radical (unpaired) electrons. The molecule has 98 valence electrons. The summed E-state index contributed by atoms with van der Waals surface area (Å²) in [5, 5.41) is 9.32. The van der Waals surface area contributed by atoms with Gasteiger partial charge in [0.15, 0.2) is 0 Å². The largest absolute Gasteiger partial charge is 0.453 e. The van der Waals surface area contributed by atoms with Crippen LogP contribution in [0.3, 0.4) is 0 Å². The highest BCUT2D eigenvalue weighted by atomic mass is 19.4. The Bertz CT molecular complexity index is 328. The SMILES string of the molecule is C=CC(=O)OC1(CC)COC(O)(C(F)(F)F)C1. The molecule has 1 saturated heterocycles. The van der Waals surface area contributed by atoms with Crippen LogP contribution in [0.5, 0.6) is 0 Å². The van der Waals surface area contributed by atoms with E-state index in [1.807, 2.05) is 0 Å². The van der Waals surface area contributed by atoms with Gasteiger partial charge >= 0.3 is 12.1 Å². The van der Waals surface area contributed by atoms with Gasteiger partial charge in [-0.1, -0.05) is 13.5 Å². The molecule has 1 aliphatic heterocycles. The van der Waals surface area contributed by atoms with Crippen molar-refractivity contribution in [2.24, 2.45) is 0 Å². The lowest BCUT2D eigenvalue weighted by atomic mass is 9.95. The molecule has 1 N–H and O–H groups in total. The lowest BCUT2D eigenvalue weighted by Gasteiger charge is -2.28. The molecule has 0 aromatic rings. The number of hydrogen-bond acceptors (Lipinski definition) is 4. The summed E-state index contributed by atoms with van der Waals surface area (Å²) in [4.78, 5) is 11.0. The second-order valence-corrected chi connectivity index (χ2v) is 3.91. The highest BCUT2D eigenvalue weighted by molar-refractivity contribution is 5.81. The van der Waals surface area contributed by atoms with Gasteiger partial charge in [-0.3, -0.25) is 0 Å². The van der Waals surface area contributed by atoms with Crippen LogP contribution < -0.4 is 0 Å². The average Bonchev–Trinajstić information content (AvgIpc) is 2.57. The van der Waals surface area contributed by atoms with Gasteiger partial charge < -0.3 is 14.6 Å². The van der Waals surface area contributed by atoms with Crippen molar-refractivity contribution in [2.75, 3.05) is 6.61 Å². The van der Waals surface area contributed by atoms with Gasteiger partial charge in [0.05, 0.1) is 13.0 Å². The molecule has 0 saturated carbocycles. The van der Waals surface area contributed by atoms with Crippen molar-refractivity contribution >= 4 is 5.97 Å². The number of alkyl halides is 3. The zero-order valence-electron chi connectivity index (χ0n) is 9.21. The van der Waals surface area contributed by atoms with E-state index in [1.165, 1.54) is 0 Å². The number of aliphatic hydroxyl groups is 1. The van der Waals surface area contributed by atoms with Crippen LogP contribution >= 0.6 is 0 Å². The molecule has 1 rings (SSSR count). The maximum absolute atomic E-state index is 12.5. The molecule has 1 fully saturated rings. The predicted molar refractivity (Wildman–Crippen MR) is 50.9 cm³/mol. The van der Waals surface area contributed by atoms with E-state index in [0.717, 1.165) is 6.08 Å². The van der Waals surface area contributed by atoms with Crippen LogP contribution in [0.25, 0.3) is 0 Å². The van der Waals surface area contributed by atoms with E-state index in [9.17, 15) is 23.1 Å². The summed E-state index contributed by atoms with van der Waals surface area (Å²) in [6.07, 6.45) is -4.81. The third-order valence-corrected chi connectivity index (χ3v) is 2.71. The van der Waals surface area contributed by atoms with Crippen LogP contribution in [0.15, 0.2) is 12.7 Å². The fourth-order valence-electron chi connectivity index (χ4n) is 1.59. The summed E-state index contributed by atoms with van der Waals surface area (Å²) >= 11 is 0. The molecule has 0 aromatic carbocycles. The number of carbonyl (C=O) groups is 1. The van der Waals surface area contributed by atoms with Crippen LogP contribution in [-0.4, -0.2) is 35.2 Å². The minimum atomic E-state index is -4.93. The van der Waals surface area contributed by atoms with E-state index in [2.05, 4.69) is 11.3 Å². The van der Waals surface area contributed by atoms with Gasteiger partial charge in [-0.05, 0) is 6.42 Å². The minimum Gasteiger partial charge on any atom is -0.453 e. The van der Waals surface area contributed by atoms with Crippen LogP contribution in [0.4, 0.5) is 13.2 Å². The number of rotatable bonds is 3. The van der Waals surface area contributed by atoms with Crippen molar-refractivity contribution in [1.29, 1.82) is 0 Å². The Morgan fingerprint density at radius 2 is 2.24 bits per heavy atom. The summed E-state index contributed by atoms with van der Waals surface area (Å²) in [6, 6.07) is 0. The summed E-state index contributed by atoms with van der Waals surface area (Å²) in [6.45, 7) is 4.20. The molecule has 0 spiro atoms. The predicted octanol–water partition coefficient (Wildman–Crippen LogP) is 1.54. The average molecular weight is 254 g/mol. The van der Waals surface area contributed by atoms with Crippen molar-refractivity contribution in [2.45, 2.75) is 37.3 Å². The van der Waals surface area contributed by atoms with Gasteiger partial charge in [-0.2, -0.15) is 13.2 Å². The Hall–Kier alpha value is -1.08. The first-order valence-corrected chi connectivity index (χ1v) is 4.96. The van der Waals surface area contributed by atoms with Gasteiger partial charge in [0.1, 0.15) is 5.60 Å². The van der Waals surface area contributed by atoms with E-state index >= 15 is 0 Å². The molecular formula is C10H13F3O4. The number of hydrogen-bond donors (Lipinski definition) is 1. The lowest BCUT2D eigenvalue weighted by Crippen LogP contribution is -2.46. The van der Waals surface area contributed by atoms with Crippen LogP contribution in [0.2, 0.25) is 0 Å². The summed E-state index contributed by atoms with van der Waals surface area (Å²) < 4.78 is 46.7. The molecule has 0 aliphatic carbocycles. The third kappa shape index (κ3) is 2.61. The van der Waals surface area contributed by atoms with Crippen LogP contribution in [-0.2, 0) is 14.3 Å². The monoisotopic (exact) mass is 254 g/mol. The third-order valence-electron chi connectivity index (χ3n) is 2.71. The first-order valence-electron chi connectivity index (χ1n) is 4.96. The normalized spacial score (nSPS) is 33.5. The molecular weight excluding hydrogens is 241 g/mol. The maximum Gasteiger partial charge on any atom is 0.443 e. The van der Waals surface area contributed by atoms with Gasteiger partial charge in [0.25, 0.3) is 5.79 Å². The first kappa shape index (κ1) is 14.0. The molecule has 2 unspecified atom stereocenters. The quantitative estimate of drug-likeness (QED) is 0.613. The van der Waals surface area contributed by atoms with Crippen LogP contribution in [0, 0.1) is 0 Å². The Balaban J connectivity index is 2.87. The Kier molecular flexibility index (Phi) is 3.54. The van der Waals surface area contributed by atoms with Crippen molar-refractivity contribution in [3.63, 3.8) is 0 Å². The number of ether oxygens (including phenoxy) is 2. The van der Waals surface area contributed by atoms with Crippen molar-refractivity contribution in [3.05, 3.63) is 12.7 Å². The van der Waals surface area contributed by atoms with E-state index in [0.29, 0.717) is 0 Å². The van der Waals surface area contributed by atoms with Gasteiger partial charge in [0, 0.05) is 6.08 Å². The van der Waals surface area contributed by atoms with E-state index in [1.54, 1.807) is 6.92 Å². The number of halogens is 3. The second-order valence-electron chi connectivity index (χ2n) is 3.91. The minimum absolute atomic E-state index is 0.102. The Morgan fingerprint density at radius 1 is 1.65 bits per heavy atom. The molecule has 4 nitrogen and oxygen atoms in total. The fraction of sp³-hybridized carbons (Fsp3) is 0.700. The zero-order chi connectivity index (χ0) is 13.3. The first-order chi connectivity index (χ1) is 7.68. The molecule has 17 heavy (non-hydrogen) atoms. The highest BCUT2D eigenvalue weighted by Crippen LogP contribution is 2.45. The lowest BCUT2D eigenvalue weighted by molar-refractivity contribution is -0.349. The molecule has 0 aromatic heterocycles. The zero-order valence-corrected chi connectivity index (χ0v) is 9.21. The molecule has 0 amide bonds. The van der Waals surface area contributed by atoms with Gasteiger partial charge in [-0.25, -0.2) is 4.79 Å². The van der Waals surface area contributed by atoms with E-state index in [-0.39, 0.29) is 6.42 Å². The molecule has 1 heterocycles.